The summed E-state index contributed by atoms with van der Waals surface area (Å²) in [6.07, 6.45) is 0. The number of carbonyl (C=O) groups is 1. The monoisotopic (exact) mass is 445 g/mol. The first-order chi connectivity index (χ1) is 14.3. The molecule has 1 amide bonds. The lowest BCUT2D eigenvalue weighted by molar-refractivity contribution is -0.114. The number of nitrogens with zero attached hydrogens (tertiary/aromatic N) is 2. The number of benzene rings is 2. The summed E-state index contributed by atoms with van der Waals surface area (Å²) in [6, 6.07) is 14.7. The fraction of sp³-hybridized carbons (Fsp3) is 0.333. The maximum absolute atomic E-state index is 12.8. The maximum atomic E-state index is 12.8. The predicted molar refractivity (Wildman–Crippen MR) is 121 cm³/mol. The van der Waals surface area contributed by atoms with Crippen LogP contribution in [-0.2, 0) is 14.6 Å². The van der Waals surface area contributed by atoms with Gasteiger partial charge >= 0.3 is 0 Å². The molecule has 2 heterocycles. The Labute approximate surface area is 180 Å². The van der Waals surface area contributed by atoms with E-state index >= 15 is 0 Å². The van der Waals surface area contributed by atoms with Gasteiger partial charge in [-0.15, -0.1) is 0 Å². The second-order valence-corrected chi connectivity index (χ2v) is 10.7. The van der Waals surface area contributed by atoms with Gasteiger partial charge in [0.15, 0.2) is 15.0 Å². The summed E-state index contributed by atoms with van der Waals surface area (Å²) in [5.41, 5.74) is 2.54. The number of hydrogen-bond acceptors (Lipinski definition) is 7. The molecule has 4 rings (SSSR count). The number of methoxy groups -OCH3 is 1. The van der Waals surface area contributed by atoms with Crippen LogP contribution >= 0.6 is 11.8 Å². The summed E-state index contributed by atoms with van der Waals surface area (Å²) in [4.78, 5) is 19.3. The smallest absolute Gasteiger partial charge is 0.244 e. The van der Waals surface area contributed by atoms with Gasteiger partial charge in [0, 0.05) is 16.6 Å². The van der Waals surface area contributed by atoms with E-state index in [1.165, 1.54) is 11.8 Å². The fourth-order valence-electron chi connectivity index (χ4n) is 3.55. The van der Waals surface area contributed by atoms with Crippen LogP contribution in [0, 0.1) is 6.92 Å². The summed E-state index contributed by atoms with van der Waals surface area (Å²) >= 11 is 1.43. The molecule has 7 nitrogen and oxygen atoms in total. The third kappa shape index (κ3) is 4.46. The van der Waals surface area contributed by atoms with E-state index in [-0.39, 0.29) is 35.2 Å². The molecule has 0 unspecified atom stereocenters. The van der Waals surface area contributed by atoms with E-state index in [4.69, 9.17) is 4.74 Å². The Balaban J connectivity index is 1.58. The van der Waals surface area contributed by atoms with Gasteiger partial charge in [-0.2, -0.15) is 0 Å². The van der Waals surface area contributed by atoms with Crippen LogP contribution in [0.2, 0.25) is 0 Å². The van der Waals surface area contributed by atoms with E-state index in [0.29, 0.717) is 10.9 Å². The number of aliphatic imine (C=N–C) groups is 1. The van der Waals surface area contributed by atoms with Crippen LogP contribution in [-0.4, -0.2) is 55.9 Å². The third-order valence-electron chi connectivity index (χ3n) is 5.14. The van der Waals surface area contributed by atoms with Crippen LogP contribution in [0.15, 0.2) is 53.5 Å². The standard InChI is InChI=1S/C21H23N3O4S2/c1-14-5-3-4-6-17(14)22-20(25)11-24(15-7-9-16(28-2)10-8-15)21-23-18-12-30(26,27)13-19(18)29-21/h3-10,18-19H,11-13H2,1-2H3,(H,22,25)/t18-,19+/m1/s1. The van der Waals surface area contributed by atoms with Crippen LogP contribution in [0.5, 0.6) is 5.75 Å². The Bertz CT molecular complexity index is 1080. The van der Waals surface area contributed by atoms with E-state index in [9.17, 15) is 13.2 Å². The van der Waals surface area contributed by atoms with Crippen molar-refractivity contribution in [3.05, 3.63) is 54.1 Å². The Hall–Kier alpha value is -2.52. The first-order valence-electron chi connectivity index (χ1n) is 9.56. The highest BCUT2D eigenvalue weighted by Gasteiger charge is 2.44. The Morgan fingerprint density at radius 3 is 2.60 bits per heavy atom. The Kier molecular flexibility index (Phi) is 5.75. The van der Waals surface area contributed by atoms with E-state index in [0.717, 1.165) is 16.9 Å². The molecule has 0 aliphatic carbocycles. The average Bonchev–Trinajstić information content (AvgIpc) is 3.21. The minimum absolute atomic E-state index is 0.0681. The van der Waals surface area contributed by atoms with Crippen LogP contribution in [0.4, 0.5) is 11.4 Å². The number of ether oxygens (including phenoxy) is 1. The molecule has 1 fully saturated rings. The quantitative estimate of drug-likeness (QED) is 0.761. The predicted octanol–water partition coefficient (Wildman–Crippen LogP) is 2.72. The van der Waals surface area contributed by atoms with Gasteiger partial charge in [-0.25, -0.2) is 8.42 Å². The molecule has 0 bridgehead atoms. The zero-order valence-corrected chi connectivity index (χ0v) is 18.4. The highest BCUT2D eigenvalue weighted by molar-refractivity contribution is 8.15. The first kappa shape index (κ1) is 20.7. The molecule has 1 saturated heterocycles. The van der Waals surface area contributed by atoms with E-state index in [1.54, 1.807) is 7.11 Å². The molecule has 2 aliphatic heterocycles. The first-order valence-corrected chi connectivity index (χ1v) is 12.3. The van der Waals surface area contributed by atoms with Gasteiger partial charge in [-0.3, -0.25) is 9.79 Å². The fourth-order valence-corrected chi connectivity index (χ4v) is 7.33. The number of amides is 1. The van der Waals surface area contributed by atoms with E-state index in [2.05, 4.69) is 10.3 Å². The number of nitrogens with one attached hydrogen (secondary N) is 1. The van der Waals surface area contributed by atoms with Crippen LogP contribution in [0.1, 0.15) is 5.56 Å². The van der Waals surface area contributed by atoms with Crippen molar-refractivity contribution in [2.24, 2.45) is 4.99 Å². The lowest BCUT2D eigenvalue weighted by atomic mass is 10.2. The zero-order valence-electron chi connectivity index (χ0n) is 16.7. The van der Waals surface area contributed by atoms with E-state index < -0.39 is 9.84 Å². The molecule has 0 saturated carbocycles. The number of fused-ring (bicyclic) bond motifs is 1. The number of thioether (sulfide) groups is 1. The van der Waals surface area contributed by atoms with Crippen molar-refractivity contribution in [2.75, 3.05) is 35.4 Å². The molecule has 0 spiro atoms. The van der Waals surface area contributed by atoms with Crippen molar-refractivity contribution in [1.82, 2.24) is 0 Å². The molecule has 158 valence electrons. The van der Waals surface area contributed by atoms with Crippen LogP contribution < -0.4 is 15.0 Å². The number of hydrogen-bond donors (Lipinski definition) is 1. The van der Waals surface area contributed by atoms with Gasteiger partial charge in [0.2, 0.25) is 5.91 Å². The zero-order chi connectivity index (χ0) is 21.3. The highest BCUT2D eigenvalue weighted by atomic mass is 32.2. The lowest BCUT2D eigenvalue weighted by Gasteiger charge is -2.24. The minimum atomic E-state index is -3.04. The number of sulfone groups is 1. The summed E-state index contributed by atoms with van der Waals surface area (Å²) in [5.74, 6) is 0.737. The van der Waals surface area contributed by atoms with Crippen LogP contribution in [0.3, 0.4) is 0 Å². The number of rotatable bonds is 5. The number of anilines is 2. The molecular weight excluding hydrogens is 422 g/mol. The van der Waals surface area contributed by atoms with Crippen molar-refractivity contribution < 1.29 is 17.9 Å². The Morgan fingerprint density at radius 1 is 1.20 bits per heavy atom. The van der Waals surface area contributed by atoms with Gasteiger partial charge in [-0.05, 0) is 42.8 Å². The van der Waals surface area contributed by atoms with Crippen molar-refractivity contribution in [1.29, 1.82) is 0 Å². The van der Waals surface area contributed by atoms with Gasteiger partial charge in [0.25, 0.3) is 0 Å². The molecule has 9 heteroatoms. The van der Waals surface area contributed by atoms with Gasteiger partial charge in [-0.1, -0.05) is 30.0 Å². The molecule has 1 N–H and O–H groups in total. The number of para-hydroxylation sites is 1. The molecule has 2 atom stereocenters. The average molecular weight is 446 g/mol. The van der Waals surface area contributed by atoms with Gasteiger partial charge < -0.3 is 15.0 Å². The SMILES string of the molecule is COc1ccc(N(CC(=O)Nc2ccccc2C)C2=N[C@@H]3CS(=O)(=O)C[C@@H]3S2)cc1. The van der Waals surface area contributed by atoms with Crippen molar-refractivity contribution in [3.8, 4) is 5.75 Å². The van der Waals surface area contributed by atoms with Gasteiger partial charge in [0.1, 0.15) is 12.3 Å². The number of carbonyl (C=O) groups excluding carboxylic acids is 1. The van der Waals surface area contributed by atoms with E-state index in [1.807, 2.05) is 60.4 Å². The molecular formula is C21H23N3O4S2. The topological polar surface area (TPSA) is 88.1 Å². The highest BCUT2D eigenvalue weighted by Crippen LogP contribution is 2.37. The van der Waals surface area contributed by atoms with Gasteiger partial charge in [0.05, 0.1) is 24.7 Å². The molecule has 0 radical (unpaired) electrons. The van der Waals surface area contributed by atoms with Crippen molar-refractivity contribution in [3.63, 3.8) is 0 Å². The second-order valence-electron chi connectivity index (χ2n) is 7.36. The largest absolute Gasteiger partial charge is 0.497 e. The number of amidine groups is 1. The molecule has 2 aromatic carbocycles. The second kappa shape index (κ2) is 8.31. The summed E-state index contributed by atoms with van der Waals surface area (Å²) < 4.78 is 29.0. The minimum Gasteiger partial charge on any atom is -0.497 e. The normalized spacial score (nSPS) is 21.6. The molecule has 30 heavy (non-hydrogen) atoms. The third-order valence-corrected chi connectivity index (χ3v) is 8.39. The Morgan fingerprint density at radius 2 is 1.93 bits per heavy atom. The molecule has 2 aliphatic rings. The summed E-state index contributed by atoms with van der Waals surface area (Å²) in [7, 11) is -1.44. The van der Waals surface area contributed by atoms with Crippen LogP contribution in [0.25, 0.3) is 0 Å². The summed E-state index contributed by atoms with van der Waals surface area (Å²) in [6.45, 7) is 2.01. The lowest BCUT2D eigenvalue weighted by Crippen LogP contribution is -2.36. The van der Waals surface area contributed by atoms with Crippen molar-refractivity contribution >= 4 is 44.0 Å². The molecule has 2 aromatic rings. The van der Waals surface area contributed by atoms with Crippen molar-refractivity contribution in [2.45, 2.75) is 18.2 Å². The maximum Gasteiger partial charge on any atom is 0.244 e. The number of aryl methyl sites for hydroxylation is 1. The molecule has 0 aromatic heterocycles. The summed E-state index contributed by atoms with van der Waals surface area (Å²) in [5, 5.41) is 3.53.